The fraction of sp³-hybridized carbons (Fsp3) is 0.333. The Balaban J connectivity index is 2.16. The minimum Gasteiger partial charge on any atom is -0.359 e. The van der Waals surface area contributed by atoms with Crippen molar-refractivity contribution in [1.82, 2.24) is 25.0 Å². The number of urea groups is 1. The monoisotopic (exact) mass is 350 g/mol. The summed E-state index contributed by atoms with van der Waals surface area (Å²) < 4.78 is 1.53. The molecule has 0 aliphatic heterocycles. The summed E-state index contributed by atoms with van der Waals surface area (Å²) in [6.07, 6.45) is 3.14. The number of carbonyl (C=O) groups is 2. The number of anilines is 1. The van der Waals surface area contributed by atoms with Crippen molar-refractivity contribution in [3.63, 3.8) is 0 Å². The van der Waals surface area contributed by atoms with Gasteiger partial charge in [-0.15, -0.1) is 0 Å². The Morgan fingerprint density at radius 1 is 1.42 bits per heavy atom. The molecule has 0 saturated carbocycles. The van der Waals surface area contributed by atoms with E-state index in [1.165, 1.54) is 22.2 Å². The number of aromatic nitrogens is 3. The Kier molecular flexibility index (Phi) is 5.75. The maximum absolute atomic E-state index is 12.5. The first kappa shape index (κ1) is 17.7. The molecule has 3 amide bonds. The van der Waals surface area contributed by atoms with E-state index in [9.17, 15) is 9.59 Å². The minimum atomic E-state index is -0.352. The maximum atomic E-state index is 12.5. The van der Waals surface area contributed by atoms with Crippen LogP contribution in [-0.4, -0.2) is 51.7 Å². The van der Waals surface area contributed by atoms with Gasteiger partial charge in [0.2, 0.25) is 5.91 Å². The van der Waals surface area contributed by atoms with E-state index < -0.39 is 0 Å². The minimum absolute atomic E-state index is 0.131. The molecule has 24 heavy (non-hydrogen) atoms. The van der Waals surface area contributed by atoms with Gasteiger partial charge < -0.3 is 15.5 Å². The highest BCUT2D eigenvalue weighted by Crippen LogP contribution is 2.24. The second-order valence-electron chi connectivity index (χ2n) is 5.27. The molecule has 1 heterocycles. The van der Waals surface area contributed by atoms with Crippen LogP contribution < -0.4 is 10.6 Å². The molecule has 2 N–H and O–H groups in total. The summed E-state index contributed by atoms with van der Waals surface area (Å²) in [6.45, 7) is 1.80. The average Bonchev–Trinajstić information content (AvgIpc) is 3.08. The molecule has 0 unspecified atom stereocenters. The van der Waals surface area contributed by atoms with Crippen LogP contribution >= 0.6 is 11.6 Å². The first-order chi connectivity index (χ1) is 11.4. The molecule has 0 radical (unpaired) electrons. The number of hydrogen-bond acceptors (Lipinski definition) is 4. The summed E-state index contributed by atoms with van der Waals surface area (Å²) >= 11 is 6.03. The smallest absolute Gasteiger partial charge is 0.321 e. The summed E-state index contributed by atoms with van der Waals surface area (Å²) in [5.41, 5.74) is 1.13. The van der Waals surface area contributed by atoms with Gasteiger partial charge in [0.25, 0.3) is 0 Å². The van der Waals surface area contributed by atoms with Crippen LogP contribution in [0.1, 0.15) is 13.3 Å². The highest BCUT2D eigenvalue weighted by Gasteiger charge is 2.19. The Morgan fingerprint density at radius 2 is 2.17 bits per heavy atom. The highest BCUT2D eigenvalue weighted by molar-refractivity contribution is 6.31. The highest BCUT2D eigenvalue weighted by atomic mass is 35.5. The summed E-state index contributed by atoms with van der Waals surface area (Å²) in [5, 5.41) is 9.88. The summed E-state index contributed by atoms with van der Waals surface area (Å²) in [4.78, 5) is 29.3. The first-order valence-corrected chi connectivity index (χ1v) is 7.69. The van der Waals surface area contributed by atoms with Crippen LogP contribution in [0, 0.1) is 0 Å². The van der Waals surface area contributed by atoms with Crippen molar-refractivity contribution < 1.29 is 9.59 Å². The van der Waals surface area contributed by atoms with Crippen molar-refractivity contribution in [1.29, 1.82) is 0 Å². The fourth-order valence-corrected chi connectivity index (χ4v) is 2.22. The molecule has 2 aromatic rings. The zero-order valence-electron chi connectivity index (χ0n) is 13.7. The molecule has 1 atom stereocenters. The zero-order chi connectivity index (χ0) is 17.7. The number of amides is 3. The van der Waals surface area contributed by atoms with Crippen LogP contribution in [0.3, 0.4) is 0 Å². The van der Waals surface area contributed by atoms with E-state index in [-0.39, 0.29) is 24.4 Å². The van der Waals surface area contributed by atoms with Crippen molar-refractivity contribution in [3.05, 3.63) is 35.9 Å². The van der Waals surface area contributed by atoms with E-state index in [0.29, 0.717) is 16.4 Å². The molecule has 8 nitrogen and oxygen atoms in total. The molecule has 0 spiro atoms. The van der Waals surface area contributed by atoms with Gasteiger partial charge >= 0.3 is 6.03 Å². The van der Waals surface area contributed by atoms with Crippen molar-refractivity contribution in [2.75, 3.05) is 19.4 Å². The van der Waals surface area contributed by atoms with Gasteiger partial charge in [0.1, 0.15) is 12.7 Å². The predicted octanol–water partition coefficient (Wildman–Crippen LogP) is 1.91. The summed E-state index contributed by atoms with van der Waals surface area (Å²) in [5.74, 6) is -0.131. The molecule has 9 heteroatoms. The Bertz CT molecular complexity index is 719. The van der Waals surface area contributed by atoms with Crippen LogP contribution in [0.5, 0.6) is 0 Å². The molecular weight excluding hydrogens is 332 g/mol. The molecule has 128 valence electrons. The lowest BCUT2D eigenvalue weighted by Crippen LogP contribution is -2.40. The van der Waals surface area contributed by atoms with Gasteiger partial charge in [0, 0.05) is 31.6 Å². The van der Waals surface area contributed by atoms with Crippen molar-refractivity contribution in [2.45, 2.75) is 19.4 Å². The Labute approximate surface area is 144 Å². The Hall–Kier alpha value is -2.61. The predicted molar refractivity (Wildman–Crippen MR) is 91.3 cm³/mol. The second-order valence-corrected chi connectivity index (χ2v) is 5.71. The van der Waals surface area contributed by atoms with Crippen LogP contribution in [0.25, 0.3) is 5.69 Å². The summed E-state index contributed by atoms with van der Waals surface area (Å²) in [6, 6.07) is 4.45. The number of benzene rings is 1. The third-order valence-electron chi connectivity index (χ3n) is 3.61. The van der Waals surface area contributed by atoms with Gasteiger partial charge in [-0.2, -0.15) is 5.10 Å². The van der Waals surface area contributed by atoms with Gasteiger partial charge in [-0.3, -0.25) is 4.79 Å². The lowest BCUT2D eigenvalue weighted by molar-refractivity contribution is -0.121. The fourth-order valence-electron chi connectivity index (χ4n) is 2.05. The Morgan fingerprint density at radius 3 is 2.79 bits per heavy atom. The maximum Gasteiger partial charge on any atom is 0.321 e. The largest absolute Gasteiger partial charge is 0.359 e. The third-order valence-corrected chi connectivity index (χ3v) is 3.84. The molecule has 0 saturated heterocycles. The van der Waals surface area contributed by atoms with Crippen LogP contribution in [0.15, 0.2) is 30.9 Å². The lowest BCUT2D eigenvalue weighted by Gasteiger charge is -2.25. The van der Waals surface area contributed by atoms with Gasteiger partial charge in [-0.25, -0.2) is 14.5 Å². The van der Waals surface area contributed by atoms with Gasteiger partial charge in [0.15, 0.2) is 0 Å². The van der Waals surface area contributed by atoms with Crippen LogP contribution in [0.2, 0.25) is 5.02 Å². The molecular formula is C15H19ClN6O2. The molecule has 0 aliphatic carbocycles. The van der Waals surface area contributed by atoms with Crippen molar-refractivity contribution >= 4 is 29.2 Å². The third kappa shape index (κ3) is 4.23. The van der Waals surface area contributed by atoms with E-state index in [2.05, 4.69) is 20.7 Å². The van der Waals surface area contributed by atoms with Gasteiger partial charge in [-0.1, -0.05) is 11.6 Å². The zero-order valence-corrected chi connectivity index (χ0v) is 14.4. The number of hydrogen-bond donors (Lipinski definition) is 2. The van der Waals surface area contributed by atoms with Crippen molar-refractivity contribution in [3.8, 4) is 5.69 Å². The van der Waals surface area contributed by atoms with Gasteiger partial charge in [-0.05, 0) is 25.1 Å². The SMILES string of the molecule is CNC(=O)C[C@@H](C)N(C)C(=O)Nc1cc(Cl)ccc1-n1cncn1. The van der Waals surface area contributed by atoms with E-state index in [1.807, 2.05) is 0 Å². The number of carbonyl (C=O) groups excluding carboxylic acids is 2. The van der Waals surface area contributed by atoms with Crippen LogP contribution in [-0.2, 0) is 4.79 Å². The van der Waals surface area contributed by atoms with E-state index in [4.69, 9.17) is 11.6 Å². The standard InChI is InChI=1S/C15H19ClN6O2/c1-10(6-14(23)17-2)21(3)15(24)20-12-7-11(16)4-5-13(12)22-9-18-8-19-22/h4-5,7-10H,6H2,1-3H3,(H,17,23)(H,20,24)/t10-/m1/s1. The molecule has 2 rings (SSSR count). The van der Waals surface area contributed by atoms with E-state index in [0.717, 1.165) is 0 Å². The van der Waals surface area contributed by atoms with Crippen LogP contribution in [0.4, 0.5) is 10.5 Å². The van der Waals surface area contributed by atoms with Gasteiger partial charge in [0.05, 0.1) is 11.4 Å². The molecule has 1 aromatic carbocycles. The number of rotatable bonds is 5. The number of nitrogens with zero attached hydrogens (tertiary/aromatic N) is 4. The number of halogens is 1. The molecule has 0 fully saturated rings. The second kappa shape index (κ2) is 7.78. The van der Waals surface area contributed by atoms with E-state index >= 15 is 0 Å². The number of nitrogens with one attached hydrogen (secondary N) is 2. The first-order valence-electron chi connectivity index (χ1n) is 7.31. The van der Waals surface area contributed by atoms with E-state index in [1.54, 1.807) is 39.2 Å². The quantitative estimate of drug-likeness (QED) is 0.861. The lowest BCUT2D eigenvalue weighted by atomic mass is 10.2. The summed E-state index contributed by atoms with van der Waals surface area (Å²) in [7, 11) is 3.19. The normalized spacial score (nSPS) is 11.7. The molecule has 0 bridgehead atoms. The topological polar surface area (TPSA) is 92.2 Å². The average molecular weight is 351 g/mol. The van der Waals surface area contributed by atoms with Crippen molar-refractivity contribution in [2.24, 2.45) is 0 Å². The molecule has 1 aromatic heterocycles. The molecule has 0 aliphatic rings.